The first-order chi connectivity index (χ1) is 13.0. The summed E-state index contributed by atoms with van der Waals surface area (Å²) in [5, 5.41) is 9.78. The van der Waals surface area contributed by atoms with E-state index in [0.29, 0.717) is 5.75 Å². The Hall–Kier alpha value is -2.40. The van der Waals surface area contributed by atoms with E-state index in [1.165, 1.54) is 0 Å². The number of nitrogens with zero attached hydrogens (tertiary/aromatic N) is 1. The summed E-state index contributed by atoms with van der Waals surface area (Å²) < 4.78 is 35.0. The average molecular weight is 373 g/mol. The van der Waals surface area contributed by atoms with Crippen LogP contribution in [0.5, 0.6) is 5.75 Å². The Morgan fingerprint density at radius 1 is 1.00 bits per heavy atom. The third kappa shape index (κ3) is 4.86. The third-order valence-electron chi connectivity index (χ3n) is 4.74. The number of fused-ring (bicyclic) bond motifs is 1. The number of alkyl halides is 2. The first kappa shape index (κ1) is 19.4. The molecule has 0 aliphatic heterocycles. The first-order valence-electron chi connectivity index (χ1n) is 9.26. The Morgan fingerprint density at radius 3 is 2.48 bits per heavy atom. The van der Waals surface area contributed by atoms with E-state index in [1.807, 2.05) is 43.4 Å². The van der Waals surface area contributed by atoms with Gasteiger partial charge in [0.15, 0.2) is 0 Å². The van der Waals surface area contributed by atoms with Crippen molar-refractivity contribution in [3.05, 3.63) is 54.6 Å². The van der Waals surface area contributed by atoms with Crippen molar-refractivity contribution in [3.63, 3.8) is 0 Å². The summed E-state index contributed by atoms with van der Waals surface area (Å²) in [5.74, 6) is -2.05. The molecule has 0 saturated carbocycles. The highest BCUT2D eigenvalue weighted by atomic mass is 19.3. The zero-order valence-corrected chi connectivity index (χ0v) is 15.5. The van der Waals surface area contributed by atoms with E-state index in [1.54, 1.807) is 0 Å². The summed E-state index contributed by atoms with van der Waals surface area (Å²) in [7, 11) is 2.01. The number of aliphatic hydroxyl groups excluding tert-OH is 1. The molecule has 1 N–H and O–H groups in total. The lowest BCUT2D eigenvalue weighted by Crippen LogP contribution is -2.17. The lowest BCUT2D eigenvalue weighted by atomic mass is 10.1. The van der Waals surface area contributed by atoms with E-state index in [9.17, 15) is 8.78 Å². The molecule has 144 valence electrons. The van der Waals surface area contributed by atoms with Crippen molar-refractivity contribution < 1.29 is 18.6 Å². The summed E-state index contributed by atoms with van der Waals surface area (Å²) in [5.41, 5.74) is 3.30. The van der Waals surface area contributed by atoms with Gasteiger partial charge in [-0.3, -0.25) is 0 Å². The second kappa shape index (κ2) is 8.53. The maximum Gasteiger partial charge on any atom is 0.248 e. The van der Waals surface area contributed by atoms with Gasteiger partial charge in [0.25, 0.3) is 0 Å². The Kier molecular flexibility index (Phi) is 6.11. The number of hydrogen-bond acceptors (Lipinski definition) is 2. The molecule has 3 nitrogen and oxygen atoms in total. The van der Waals surface area contributed by atoms with Crippen molar-refractivity contribution in [2.45, 2.75) is 31.6 Å². The first-order valence-corrected chi connectivity index (χ1v) is 9.26. The standard InChI is InChI=1S/C22H25F2NO2/c1-25-20(17-7-3-2-4-8-17)15-18-9-10-19(16-21(18)25)27-14-6-12-22(23,24)11-5-13-26/h2-4,7-10,15-16,26H,5-6,11-14H2,1H3. The zero-order chi connectivity index (χ0) is 19.3. The van der Waals surface area contributed by atoms with Crippen LogP contribution >= 0.6 is 0 Å². The number of rotatable bonds is 9. The van der Waals surface area contributed by atoms with Crippen molar-refractivity contribution in [1.29, 1.82) is 0 Å². The summed E-state index contributed by atoms with van der Waals surface area (Å²) in [6.07, 6.45) is -0.0980. The van der Waals surface area contributed by atoms with Gasteiger partial charge in [-0.1, -0.05) is 30.3 Å². The second-order valence-corrected chi connectivity index (χ2v) is 6.81. The van der Waals surface area contributed by atoms with Gasteiger partial charge in [-0.25, -0.2) is 8.78 Å². The molecule has 3 rings (SSSR count). The molecule has 0 bridgehead atoms. The molecule has 3 aromatic rings. The number of aryl methyl sites for hydroxylation is 1. The topological polar surface area (TPSA) is 34.4 Å². The molecule has 0 spiro atoms. The fourth-order valence-corrected chi connectivity index (χ4v) is 3.27. The molecule has 27 heavy (non-hydrogen) atoms. The fraction of sp³-hybridized carbons (Fsp3) is 0.364. The van der Waals surface area contributed by atoms with Crippen LogP contribution in [0.4, 0.5) is 8.78 Å². The third-order valence-corrected chi connectivity index (χ3v) is 4.74. The normalized spacial score (nSPS) is 11.9. The molecule has 0 amide bonds. The van der Waals surface area contributed by atoms with Crippen molar-refractivity contribution >= 4 is 10.9 Å². The van der Waals surface area contributed by atoms with Gasteiger partial charge < -0.3 is 14.4 Å². The number of benzene rings is 2. The van der Waals surface area contributed by atoms with Gasteiger partial charge in [0.05, 0.1) is 12.1 Å². The van der Waals surface area contributed by atoms with Crippen LogP contribution in [-0.4, -0.2) is 28.8 Å². The van der Waals surface area contributed by atoms with Crippen LogP contribution in [0, 0.1) is 0 Å². The molecule has 0 fully saturated rings. The summed E-state index contributed by atoms with van der Waals surface area (Å²) in [6.45, 7) is 0.0456. The van der Waals surface area contributed by atoms with Gasteiger partial charge >= 0.3 is 0 Å². The molecule has 0 saturated heterocycles. The van der Waals surface area contributed by atoms with Crippen LogP contribution in [-0.2, 0) is 7.05 Å². The molecule has 2 aromatic carbocycles. The van der Waals surface area contributed by atoms with Crippen LogP contribution in [0.25, 0.3) is 22.2 Å². The van der Waals surface area contributed by atoms with E-state index < -0.39 is 5.92 Å². The average Bonchev–Trinajstić information content (AvgIpc) is 3.01. The molecule has 1 aromatic heterocycles. The molecule has 0 unspecified atom stereocenters. The largest absolute Gasteiger partial charge is 0.494 e. The minimum atomic E-state index is -2.74. The quantitative estimate of drug-likeness (QED) is 0.509. The number of halogens is 2. The molecule has 5 heteroatoms. The van der Waals surface area contributed by atoms with Crippen molar-refractivity contribution in [2.24, 2.45) is 7.05 Å². The monoisotopic (exact) mass is 373 g/mol. The van der Waals surface area contributed by atoms with Gasteiger partial charge in [-0.15, -0.1) is 0 Å². The molecule has 0 radical (unpaired) electrons. The highest BCUT2D eigenvalue weighted by Crippen LogP contribution is 2.30. The highest BCUT2D eigenvalue weighted by Gasteiger charge is 2.27. The van der Waals surface area contributed by atoms with Gasteiger partial charge in [-0.2, -0.15) is 0 Å². The Morgan fingerprint density at radius 2 is 1.74 bits per heavy atom. The summed E-state index contributed by atoms with van der Waals surface area (Å²) in [6, 6.07) is 18.1. The van der Waals surface area contributed by atoms with E-state index in [0.717, 1.165) is 22.2 Å². The van der Waals surface area contributed by atoms with Gasteiger partial charge in [0.2, 0.25) is 5.92 Å². The van der Waals surface area contributed by atoms with Crippen LogP contribution < -0.4 is 4.74 Å². The van der Waals surface area contributed by atoms with Crippen molar-refractivity contribution in [1.82, 2.24) is 4.57 Å². The minimum absolute atomic E-state index is 0.127. The molecule has 0 aliphatic rings. The second-order valence-electron chi connectivity index (χ2n) is 6.81. The lowest BCUT2D eigenvalue weighted by molar-refractivity contribution is -0.0254. The van der Waals surface area contributed by atoms with Crippen LogP contribution in [0.1, 0.15) is 25.7 Å². The SMILES string of the molecule is Cn1c(-c2ccccc2)cc2ccc(OCCCC(F)(F)CCCO)cc21. The van der Waals surface area contributed by atoms with Gasteiger partial charge in [-0.05, 0) is 36.6 Å². The molecular formula is C22H25F2NO2. The maximum absolute atomic E-state index is 13.6. The predicted molar refractivity (Wildman–Crippen MR) is 104 cm³/mol. The van der Waals surface area contributed by atoms with E-state index in [2.05, 4.69) is 22.8 Å². The Bertz CT molecular complexity index is 875. The van der Waals surface area contributed by atoms with Crippen molar-refractivity contribution in [2.75, 3.05) is 13.2 Å². The summed E-state index contributed by atoms with van der Waals surface area (Å²) in [4.78, 5) is 0. The number of aliphatic hydroxyl groups is 1. The smallest absolute Gasteiger partial charge is 0.248 e. The highest BCUT2D eigenvalue weighted by molar-refractivity contribution is 5.88. The van der Waals surface area contributed by atoms with Gasteiger partial charge in [0, 0.05) is 43.6 Å². The van der Waals surface area contributed by atoms with E-state index in [-0.39, 0.29) is 38.9 Å². The fourth-order valence-electron chi connectivity index (χ4n) is 3.27. The van der Waals surface area contributed by atoms with E-state index in [4.69, 9.17) is 9.84 Å². The van der Waals surface area contributed by atoms with Gasteiger partial charge in [0.1, 0.15) is 5.75 Å². The molecule has 0 atom stereocenters. The number of aromatic nitrogens is 1. The molecular weight excluding hydrogens is 348 g/mol. The number of hydrogen-bond donors (Lipinski definition) is 1. The maximum atomic E-state index is 13.6. The zero-order valence-electron chi connectivity index (χ0n) is 15.5. The van der Waals surface area contributed by atoms with Crippen molar-refractivity contribution in [3.8, 4) is 17.0 Å². The lowest BCUT2D eigenvalue weighted by Gasteiger charge is -2.15. The van der Waals surface area contributed by atoms with Crippen LogP contribution in [0.2, 0.25) is 0 Å². The summed E-state index contributed by atoms with van der Waals surface area (Å²) >= 11 is 0. The number of ether oxygens (including phenoxy) is 1. The predicted octanol–water partition coefficient (Wildman–Crippen LogP) is 5.41. The van der Waals surface area contributed by atoms with Crippen LogP contribution in [0.15, 0.2) is 54.6 Å². The Balaban J connectivity index is 1.64. The Labute approximate surface area is 158 Å². The van der Waals surface area contributed by atoms with E-state index >= 15 is 0 Å². The molecule has 0 aliphatic carbocycles. The molecule has 1 heterocycles. The van der Waals surface area contributed by atoms with Crippen LogP contribution in [0.3, 0.4) is 0 Å². The minimum Gasteiger partial charge on any atom is -0.494 e.